The first-order chi connectivity index (χ1) is 9.11. The molecule has 0 spiro atoms. The van der Waals surface area contributed by atoms with Gasteiger partial charge in [-0.05, 0) is 18.2 Å². The van der Waals surface area contributed by atoms with Crippen molar-refractivity contribution in [1.82, 2.24) is 9.97 Å². The SMILES string of the molecule is CC(C)[C@H](C#N)OC(=O)c1ccc2nccnc2c1. The predicted molar refractivity (Wildman–Crippen MR) is 69.2 cm³/mol. The Morgan fingerprint density at radius 3 is 2.58 bits per heavy atom. The minimum absolute atomic E-state index is 0.0470. The van der Waals surface area contributed by atoms with Gasteiger partial charge in [0, 0.05) is 18.3 Å². The van der Waals surface area contributed by atoms with Gasteiger partial charge < -0.3 is 4.74 Å². The lowest BCUT2D eigenvalue weighted by molar-refractivity contribution is 0.0325. The van der Waals surface area contributed by atoms with Crippen LogP contribution in [0.15, 0.2) is 30.6 Å². The van der Waals surface area contributed by atoms with Gasteiger partial charge in [0.1, 0.15) is 6.07 Å². The first-order valence-electron chi connectivity index (χ1n) is 5.93. The Morgan fingerprint density at radius 2 is 1.95 bits per heavy atom. The monoisotopic (exact) mass is 255 g/mol. The molecule has 0 fully saturated rings. The van der Waals surface area contributed by atoms with Gasteiger partial charge in [-0.25, -0.2) is 4.79 Å². The average molecular weight is 255 g/mol. The van der Waals surface area contributed by atoms with Gasteiger partial charge in [0.05, 0.1) is 16.6 Å². The van der Waals surface area contributed by atoms with Crippen LogP contribution < -0.4 is 0 Å². The highest BCUT2D eigenvalue weighted by Crippen LogP contribution is 2.14. The highest BCUT2D eigenvalue weighted by atomic mass is 16.5. The lowest BCUT2D eigenvalue weighted by Gasteiger charge is -2.14. The van der Waals surface area contributed by atoms with Crippen LogP contribution in [0.25, 0.3) is 11.0 Å². The van der Waals surface area contributed by atoms with E-state index in [1.165, 1.54) is 0 Å². The van der Waals surface area contributed by atoms with Crippen molar-refractivity contribution in [1.29, 1.82) is 5.26 Å². The number of benzene rings is 1. The molecule has 0 saturated carbocycles. The quantitative estimate of drug-likeness (QED) is 0.787. The van der Waals surface area contributed by atoms with Crippen LogP contribution in [-0.2, 0) is 4.74 Å². The molecule has 1 atom stereocenters. The van der Waals surface area contributed by atoms with Crippen LogP contribution >= 0.6 is 0 Å². The van der Waals surface area contributed by atoms with E-state index in [1.54, 1.807) is 30.6 Å². The fourth-order valence-corrected chi connectivity index (χ4v) is 1.59. The van der Waals surface area contributed by atoms with Crippen LogP contribution in [0.5, 0.6) is 0 Å². The zero-order valence-electron chi connectivity index (χ0n) is 10.7. The van der Waals surface area contributed by atoms with Gasteiger partial charge in [0.15, 0.2) is 6.10 Å². The number of rotatable bonds is 3. The molecule has 1 aromatic heterocycles. The summed E-state index contributed by atoms with van der Waals surface area (Å²) >= 11 is 0. The number of nitriles is 1. The van der Waals surface area contributed by atoms with Gasteiger partial charge in [-0.1, -0.05) is 13.8 Å². The summed E-state index contributed by atoms with van der Waals surface area (Å²) in [5.41, 5.74) is 1.70. The van der Waals surface area contributed by atoms with E-state index >= 15 is 0 Å². The highest BCUT2D eigenvalue weighted by Gasteiger charge is 2.19. The van der Waals surface area contributed by atoms with E-state index in [-0.39, 0.29) is 5.92 Å². The van der Waals surface area contributed by atoms with Crippen molar-refractivity contribution in [2.75, 3.05) is 0 Å². The smallest absolute Gasteiger partial charge is 0.339 e. The topological polar surface area (TPSA) is 75.9 Å². The maximum atomic E-state index is 11.9. The molecular formula is C14H13N3O2. The average Bonchev–Trinajstić information content (AvgIpc) is 2.43. The normalized spacial score (nSPS) is 12.1. The van der Waals surface area contributed by atoms with Crippen LogP contribution in [0.2, 0.25) is 0 Å². The highest BCUT2D eigenvalue weighted by molar-refractivity contribution is 5.93. The maximum absolute atomic E-state index is 11.9. The molecule has 5 heteroatoms. The minimum Gasteiger partial charge on any atom is -0.443 e. The third kappa shape index (κ3) is 2.86. The van der Waals surface area contributed by atoms with E-state index in [9.17, 15) is 4.79 Å². The standard InChI is InChI=1S/C14H13N3O2/c1-9(2)13(8-15)19-14(18)10-3-4-11-12(7-10)17-6-5-16-11/h3-7,9,13H,1-2H3/t13-/m0/s1. The Labute approximate surface area is 110 Å². The Bertz CT molecular complexity index is 646. The number of carbonyl (C=O) groups is 1. The van der Waals surface area contributed by atoms with Crippen molar-refractivity contribution in [2.24, 2.45) is 5.92 Å². The number of carbonyl (C=O) groups excluding carboxylic acids is 1. The van der Waals surface area contributed by atoms with Crippen molar-refractivity contribution in [3.8, 4) is 6.07 Å². The number of hydrogen-bond donors (Lipinski definition) is 0. The molecule has 0 radical (unpaired) electrons. The van der Waals surface area contributed by atoms with Gasteiger partial charge in [-0.15, -0.1) is 0 Å². The molecule has 0 saturated heterocycles. The molecule has 2 rings (SSSR count). The van der Waals surface area contributed by atoms with E-state index in [4.69, 9.17) is 10.00 Å². The first kappa shape index (κ1) is 13.0. The van der Waals surface area contributed by atoms with Crippen molar-refractivity contribution in [3.05, 3.63) is 36.2 Å². The summed E-state index contributed by atoms with van der Waals surface area (Å²) in [6.07, 6.45) is 2.40. The molecule has 19 heavy (non-hydrogen) atoms. The first-order valence-corrected chi connectivity index (χ1v) is 5.93. The molecule has 0 aliphatic carbocycles. The number of aromatic nitrogens is 2. The van der Waals surface area contributed by atoms with Crippen molar-refractivity contribution < 1.29 is 9.53 Å². The molecule has 0 amide bonds. The van der Waals surface area contributed by atoms with Crippen molar-refractivity contribution in [3.63, 3.8) is 0 Å². The number of esters is 1. The molecule has 0 aliphatic heterocycles. The second kappa shape index (κ2) is 5.44. The molecule has 0 aliphatic rings. The Morgan fingerprint density at radius 1 is 1.26 bits per heavy atom. The lowest BCUT2D eigenvalue weighted by Crippen LogP contribution is -2.21. The lowest BCUT2D eigenvalue weighted by atomic mass is 10.1. The molecule has 0 unspecified atom stereocenters. The van der Waals surface area contributed by atoms with Crippen LogP contribution in [0.3, 0.4) is 0 Å². The zero-order valence-corrected chi connectivity index (χ0v) is 10.7. The summed E-state index contributed by atoms with van der Waals surface area (Å²) in [5.74, 6) is -0.568. The minimum atomic E-state index is -0.745. The largest absolute Gasteiger partial charge is 0.443 e. The third-order valence-corrected chi connectivity index (χ3v) is 2.67. The predicted octanol–water partition coefficient (Wildman–Crippen LogP) is 2.33. The summed E-state index contributed by atoms with van der Waals surface area (Å²) in [7, 11) is 0. The second-order valence-electron chi connectivity index (χ2n) is 4.46. The molecule has 2 aromatic rings. The fraction of sp³-hybridized carbons (Fsp3) is 0.286. The summed E-state index contributed by atoms with van der Waals surface area (Å²) in [6.45, 7) is 3.65. The molecule has 96 valence electrons. The molecule has 0 N–H and O–H groups in total. The van der Waals surface area contributed by atoms with Crippen LogP contribution in [0.4, 0.5) is 0 Å². The van der Waals surface area contributed by atoms with Gasteiger partial charge in [0.2, 0.25) is 0 Å². The van der Waals surface area contributed by atoms with E-state index < -0.39 is 12.1 Å². The Balaban J connectivity index is 2.24. The molecule has 1 heterocycles. The molecular weight excluding hydrogens is 242 g/mol. The van der Waals surface area contributed by atoms with E-state index in [2.05, 4.69) is 9.97 Å². The van der Waals surface area contributed by atoms with Crippen LogP contribution in [0.1, 0.15) is 24.2 Å². The summed E-state index contributed by atoms with van der Waals surface area (Å²) in [4.78, 5) is 20.2. The van der Waals surface area contributed by atoms with E-state index in [0.717, 1.165) is 0 Å². The van der Waals surface area contributed by atoms with Crippen LogP contribution in [0, 0.1) is 17.2 Å². The summed E-state index contributed by atoms with van der Waals surface area (Å²) < 4.78 is 5.15. The van der Waals surface area contributed by atoms with Crippen LogP contribution in [-0.4, -0.2) is 22.0 Å². The Kier molecular flexibility index (Phi) is 3.71. The van der Waals surface area contributed by atoms with Gasteiger partial charge in [-0.2, -0.15) is 5.26 Å². The van der Waals surface area contributed by atoms with Crippen molar-refractivity contribution >= 4 is 17.0 Å². The number of ether oxygens (including phenoxy) is 1. The second-order valence-corrected chi connectivity index (χ2v) is 4.46. The van der Waals surface area contributed by atoms with Gasteiger partial charge >= 0.3 is 5.97 Å². The zero-order chi connectivity index (χ0) is 13.8. The number of hydrogen-bond acceptors (Lipinski definition) is 5. The maximum Gasteiger partial charge on any atom is 0.339 e. The fourth-order valence-electron chi connectivity index (χ4n) is 1.59. The summed E-state index contributed by atoms with van der Waals surface area (Å²) in [6, 6.07) is 6.90. The van der Waals surface area contributed by atoms with Crippen molar-refractivity contribution in [2.45, 2.75) is 20.0 Å². The van der Waals surface area contributed by atoms with E-state index in [1.807, 2.05) is 19.9 Å². The number of fused-ring (bicyclic) bond motifs is 1. The number of nitrogens with zero attached hydrogens (tertiary/aromatic N) is 3. The molecule has 0 bridgehead atoms. The third-order valence-electron chi connectivity index (χ3n) is 2.67. The van der Waals surface area contributed by atoms with E-state index in [0.29, 0.717) is 16.6 Å². The van der Waals surface area contributed by atoms with Gasteiger partial charge in [0.25, 0.3) is 0 Å². The molecule has 1 aromatic carbocycles. The Hall–Kier alpha value is -2.48. The summed E-state index contributed by atoms with van der Waals surface area (Å²) in [5, 5.41) is 8.91. The van der Waals surface area contributed by atoms with Gasteiger partial charge in [-0.3, -0.25) is 9.97 Å². The molecule has 5 nitrogen and oxygen atoms in total.